The molecule has 0 aliphatic heterocycles. The minimum Gasteiger partial charge on any atom is -0.396 e. The molecular formula is C6H10N2OS. The van der Waals surface area contributed by atoms with Gasteiger partial charge in [0.15, 0.2) is 0 Å². The lowest BCUT2D eigenvalue weighted by atomic mass is 10.2. The van der Waals surface area contributed by atoms with E-state index >= 15 is 0 Å². The van der Waals surface area contributed by atoms with Crippen molar-refractivity contribution in [2.45, 2.75) is 19.8 Å². The maximum Gasteiger partial charge on any atom is 0.0756 e. The van der Waals surface area contributed by atoms with E-state index in [1.807, 2.05) is 6.92 Å². The Morgan fingerprint density at radius 1 is 1.60 bits per heavy atom. The standard InChI is InChI=1S/C6H10N2OS/c1-5-6(3-2-4-9)10-8-7-5/h9H,2-4H2,1H3. The fourth-order valence-electron chi connectivity index (χ4n) is 0.719. The molecule has 4 heteroatoms. The first-order valence-electron chi connectivity index (χ1n) is 3.23. The van der Waals surface area contributed by atoms with E-state index in [0.717, 1.165) is 18.5 Å². The Bertz CT molecular complexity index is 199. The lowest BCUT2D eigenvalue weighted by molar-refractivity contribution is 0.289. The maximum atomic E-state index is 8.52. The molecule has 0 saturated carbocycles. The summed E-state index contributed by atoms with van der Waals surface area (Å²) in [6.07, 6.45) is 1.71. The van der Waals surface area contributed by atoms with Crippen LogP contribution in [0.25, 0.3) is 0 Å². The molecule has 3 nitrogen and oxygen atoms in total. The molecule has 0 spiro atoms. The van der Waals surface area contributed by atoms with E-state index in [2.05, 4.69) is 9.59 Å². The highest BCUT2D eigenvalue weighted by Crippen LogP contribution is 2.10. The van der Waals surface area contributed by atoms with E-state index in [1.165, 1.54) is 16.4 Å². The van der Waals surface area contributed by atoms with Gasteiger partial charge in [-0.25, -0.2) is 0 Å². The molecule has 0 bridgehead atoms. The van der Waals surface area contributed by atoms with Gasteiger partial charge in [-0.1, -0.05) is 4.49 Å². The normalized spacial score (nSPS) is 10.2. The zero-order valence-electron chi connectivity index (χ0n) is 5.87. The van der Waals surface area contributed by atoms with Gasteiger partial charge < -0.3 is 5.11 Å². The highest BCUT2D eigenvalue weighted by molar-refractivity contribution is 7.05. The number of rotatable bonds is 3. The molecule has 0 fully saturated rings. The Morgan fingerprint density at radius 3 is 2.90 bits per heavy atom. The van der Waals surface area contributed by atoms with Crippen molar-refractivity contribution in [3.05, 3.63) is 10.6 Å². The van der Waals surface area contributed by atoms with Gasteiger partial charge in [-0.3, -0.25) is 0 Å². The summed E-state index contributed by atoms with van der Waals surface area (Å²) in [7, 11) is 0. The highest BCUT2D eigenvalue weighted by atomic mass is 32.1. The topological polar surface area (TPSA) is 46.0 Å². The van der Waals surface area contributed by atoms with Crippen molar-refractivity contribution in [1.82, 2.24) is 9.59 Å². The van der Waals surface area contributed by atoms with Crippen molar-refractivity contribution in [2.75, 3.05) is 6.61 Å². The molecule has 0 atom stereocenters. The van der Waals surface area contributed by atoms with Gasteiger partial charge in [-0.05, 0) is 31.3 Å². The molecule has 0 aromatic carbocycles. The predicted octanol–water partition coefficient (Wildman–Crippen LogP) is 0.771. The molecule has 0 aliphatic carbocycles. The Hall–Kier alpha value is -0.480. The minimum absolute atomic E-state index is 0.247. The van der Waals surface area contributed by atoms with Crippen LogP contribution in [-0.4, -0.2) is 21.3 Å². The fourth-order valence-corrected chi connectivity index (χ4v) is 1.39. The Kier molecular flexibility index (Phi) is 2.77. The number of aliphatic hydroxyl groups excluding tert-OH is 1. The molecule has 0 aliphatic rings. The van der Waals surface area contributed by atoms with Crippen molar-refractivity contribution < 1.29 is 5.11 Å². The molecule has 0 radical (unpaired) electrons. The van der Waals surface area contributed by atoms with Gasteiger partial charge in [0.25, 0.3) is 0 Å². The van der Waals surface area contributed by atoms with Crippen LogP contribution < -0.4 is 0 Å². The van der Waals surface area contributed by atoms with Crippen LogP contribution in [0.2, 0.25) is 0 Å². The minimum atomic E-state index is 0.247. The number of aliphatic hydroxyl groups is 1. The summed E-state index contributed by atoms with van der Waals surface area (Å²) >= 11 is 1.42. The van der Waals surface area contributed by atoms with Crippen LogP contribution in [0, 0.1) is 6.92 Å². The second kappa shape index (κ2) is 3.63. The molecule has 1 heterocycles. The number of nitrogens with zero attached hydrogens (tertiary/aromatic N) is 2. The van der Waals surface area contributed by atoms with Crippen LogP contribution in [0.3, 0.4) is 0 Å². The first-order valence-corrected chi connectivity index (χ1v) is 4.00. The number of hydrogen-bond donors (Lipinski definition) is 1. The van der Waals surface area contributed by atoms with E-state index in [1.54, 1.807) is 0 Å². The lowest BCUT2D eigenvalue weighted by Gasteiger charge is -1.91. The average Bonchev–Trinajstić information content (AvgIpc) is 2.31. The smallest absolute Gasteiger partial charge is 0.0756 e. The van der Waals surface area contributed by atoms with E-state index < -0.39 is 0 Å². The molecule has 10 heavy (non-hydrogen) atoms. The average molecular weight is 158 g/mol. The summed E-state index contributed by atoms with van der Waals surface area (Å²) in [5.41, 5.74) is 0.999. The summed E-state index contributed by atoms with van der Waals surface area (Å²) in [5, 5.41) is 12.4. The van der Waals surface area contributed by atoms with Gasteiger partial charge in [0.05, 0.1) is 5.69 Å². The third-order valence-corrected chi connectivity index (χ3v) is 2.19. The van der Waals surface area contributed by atoms with E-state index in [4.69, 9.17) is 5.11 Å². The summed E-state index contributed by atoms with van der Waals surface area (Å²) in [4.78, 5) is 1.19. The van der Waals surface area contributed by atoms with E-state index in [0.29, 0.717) is 0 Å². The number of aryl methyl sites for hydroxylation is 2. The van der Waals surface area contributed by atoms with Gasteiger partial charge in [-0.2, -0.15) is 0 Å². The molecule has 1 rings (SSSR count). The zero-order chi connectivity index (χ0) is 7.40. The third kappa shape index (κ3) is 1.75. The third-order valence-electron chi connectivity index (χ3n) is 1.31. The van der Waals surface area contributed by atoms with Gasteiger partial charge in [0.2, 0.25) is 0 Å². The van der Waals surface area contributed by atoms with Gasteiger partial charge in [-0.15, -0.1) is 5.10 Å². The molecule has 1 N–H and O–H groups in total. The van der Waals surface area contributed by atoms with Crippen LogP contribution in [-0.2, 0) is 6.42 Å². The second-order valence-corrected chi connectivity index (χ2v) is 2.95. The highest BCUT2D eigenvalue weighted by Gasteiger charge is 2.00. The molecular weight excluding hydrogens is 148 g/mol. The summed E-state index contributed by atoms with van der Waals surface area (Å²) in [6, 6.07) is 0. The van der Waals surface area contributed by atoms with Crippen LogP contribution >= 0.6 is 11.5 Å². The van der Waals surface area contributed by atoms with Crippen molar-refractivity contribution in [1.29, 1.82) is 0 Å². The van der Waals surface area contributed by atoms with Gasteiger partial charge >= 0.3 is 0 Å². The predicted molar refractivity (Wildman–Crippen MR) is 40.1 cm³/mol. The van der Waals surface area contributed by atoms with E-state index in [9.17, 15) is 0 Å². The van der Waals surface area contributed by atoms with Crippen LogP contribution in [0.1, 0.15) is 17.0 Å². The summed E-state index contributed by atoms with van der Waals surface area (Å²) < 4.78 is 3.78. The van der Waals surface area contributed by atoms with Crippen molar-refractivity contribution >= 4 is 11.5 Å². The monoisotopic (exact) mass is 158 g/mol. The van der Waals surface area contributed by atoms with Gasteiger partial charge in [0, 0.05) is 11.5 Å². The molecule has 56 valence electrons. The molecule has 1 aromatic rings. The molecule has 0 amide bonds. The fraction of sp³-hybridized carbons (Fsp3) is 0.667. The Balaban J connectivity index is 2.49. The maximum absolute atomic E-state index is 8.52. The van der Waals surface area contributed by atoms with E-state index in [-0.39, 0.29) is 6.61 Å². The van der Waals surface area contributed by atoms with Crippen molar-refractivity contribution in [3.63, 3.8) is 0 Å². The first-order chi connectivity index (χ1) is 4.84. The number of hydrogen-bond acceptors (Lipinski definition) is 4. The van der Waals surface area contributed by atoms with Gasteiger partial charge in [0.1, 0.15) is 0 Å². The quantitative estimate of drug-likeness (QED) is 0.706. The Labute approximate surface area is 63.9 Å². The van der Waals surface area contributed by atoms with Crippen LogP contribution in [0.5, 0.6) is 0 Å². The van der Waals surface area contributed by atoms with Crippen molar-refractivity contribution in [3.8, 4) is 0 Å². The molecule has 1 aromatic heterocycles. The van der Waals surface area contributed by atoms with Crippen LogP contribution in [0.15, 0.2) is 0 Å². The first kappa shape index (κ1) is 7.63. The molecule has 0 saturated heterocycles. The second-order valence-electron chi connectivity index (χ2n) is 2.11. The lowest BCUT2D eigenvalue weighted by Crippen LogP contribution is -1.88. The van der Waals surface area contributed by atoms with Crippen LogP contribution in [0.4, 0.5) is 0 Å². The Morgan fingerprint density at radius 2 is 2.40 bits per heavy atom. The van der Waals surface area contributed by atoms with Crippen molar-refractivity contribution in [2.24, 2.45) is 0 Å². The SMILES string of the molecule is Cc1nnsc1CCCO. The largest absolute Gasteiger partial charge is 0.396 e. The number of aromatic nitrogens is 2. The zero-order valence-corrected chi connectivity index (χ0v) is 6.69. The summed E-state index contributed by atoms with van der Waals surface area (Å²) in [5.74, 6) is 0. The summed E-state index contributed by atoms with van der Waals surface area (Å²) in [6.45, 7) is 2.19. The molecule has 0 unspecified atom stereocenters.